The van der Waals surface area contributed by atoms with E-state index in [1.165, 1.54) is 0 Å². The number of aliphatic hydroxyl groups excluding tert-OH is 1. The average molecular weight is 345 g/mol. The van der Waals surface area contributed by atoms with E-state index in [1.807, 2.05) is 36.5 Å². The molecule has 2 aromatic carbocycles. The predicted molar refractivity (Wildman–Crippen MR) is 94.8 cm³/mol. The average Bonchev–Trinajstić information content (AvgIpc) is 2.61. The summed E-state index contributed by atoms with van der Waals surface area (Å²) in [4.78, 5) is 11.0. The molecule has 1 atom stereocenters. The molecule has 1 amide bonds. The molecule has 0 heterocycles. The Balaban J connectivity index is 1.59. The third-order valence-electron chi connectivity index (χ3n) is 3.69. The summed E-state index contributed by atoms with van der Waals surface area (Å²) in [6.07, 6.45) is -0.547. The number of primary amides is 1. The second-order valence-corrected chi connectivity index (χ2v) is 5.78. The minimum Gasteiger partial charge on any atom is -0.490 e. The van der Waals surface area contributed by atoms with Gasteiger partial charge >= 0.3 is 0 Å². The molecule has 2 aromatic rings. The summed E-state index contributed by atoms with van der Waals surface area (Å²) in [5.74, 6) is 1.02. The number of aryl methyl sites for hydroxylation is 1. The molecule has 0 saturated carbocycles. The molecule has 0 aliphatic heterocycles. The SMILES string of the molecule is Cc1ccccc1OC[C@@H](O)C[NH2+]CCOc1ccc(C(N)=O)cc1. The summed E-state index contributed by atoms with van der Waals surface area (Å²) >= 11 is 0. The Kier molecular flexibility index (Phi) is 7.25. The lowest BCUT2D eigenvalue weighted by atomic mass is 10.2. The van der Waals surface area contributed by atoms with Crippen LogP contribution in [0.2, 0.25) is 0 Å². The van der Waals surface area contributed by atoms with Crippen LogP contribution in [0.15, 0.2) is 48.5 Å². The van der Waals surface area contributed by atoms with Crippen molar-refractivity contribution < 1.29 is 24.7 Å². The second-order valence-electron chi connectivity index (χ2n) is 5.78. The number of benzene rings is 2. The number of para-hydroxylation sites is 1. The van der Waals surface area contributed by atoms with E-state index in [9.17, 15) is 9.90 Å². The van der Waals surface area contributed by atoms with Gasteiger partial charge in [-0.05, 0) is 42.8 Å². The Labute approximate surface area is 147 Å². The van der Waals surface area contributed by atoms with E-state index in [0.29, 0.717) is 31.0 Å². The van der Waals surface area contributed by atoms with Crippen molar-refractivity contribution in [2.45, 2.75) is 13.0 Å². The van der Waals surface area contributed by atoms with Gasteiger partial charge in [-0.3, -0.25) is 4.79 Å². The zero-order valence-corrected chi connectivity index (χ0v) is 14.4. The van der Waals surface area contributed by atoms with E-state index in [1.54, 1.807) is 24.3 Å². The lowest BCUT2D eigenvalue weighted by Crippen LogP contribution is -2.87. The van der Waals surface area contributed by atoms with E-state index in [-0.39, 0.29) is 6.61 Å². The molecule has 0 fully saturated rings. The number of amides is 1. The lowest BCUT2D eigenvalue weighted by Gasteiger charge is -2.13. The van der Waals surface area contributed by atoms with Gasteiger partial charge in [0.1, 0.15) is 43.9 Å². The smallest absolute Gasteiger partial charge is 0.248 e. The molecule has 0 bridgehead atoms. The topological polar surface area (TPSA) is 98.4 Å². The van der Waals surface area contributed by atoms with Gasteiger partial charge in [0.2, 0.25) is 5.91 Å². The summed E-state index contributed by atoms with van der Waals surface area (Å²) in [6.45, 7) is 3.98. The van der Waals surface area contributed by atoms with Crippen molar-refractivity contribution in [1.29, 1.82) is 0 Å². The van der Waals surface area contributed by atoms with Crippen molar-refractivity contribution >= 4 is 5.91 Å². The zero-order valence-electron chi connectivity index (χ0n) is 14.4. The molecule has 25 heavy (non-hydrogen) atoms. The van der Waals surface area contributed by atoms with Crippen LogP contribution in [0.3, 0.4) is 0 Å². The van der Waals surface area contributed by atoms with Crippen molar-refractivity contribution in [2.75, 3.05) is 26.3 Å². The Hall–Kier alpha value is -2.57. The number of nitrogens with two attached hydrogens (primary N) is 2. The maximum absolute atomic E-state index is 11.0. The Bertz CT molecular complexity index is 673. The highest BCUT2D eigenvalue weighted by Crippen LogP contribution is 2.16. The number of carbonyl (C=O) groups excluding carboxylic acids is 1. The molecule has 0 aromatic heterocycles. The summed E-state index contributed by atoms with van der Waals surface area (Å²) in [6, 6.07) is 14.4. The molecule has 134 valence electrons. The summed E-state index contributed by atoms with van der Waals surface area (Å²) < 4.78 is 11.2. The van der Waals surface area contributed by atoms with Crippen LogP contribution >= 0.6 is 0 Å². The Morgan fingerprint density at radius 3 is 2.56 bits per heavy atom. The minimum atomic E-state index is -0.547. The molecule has 6 nitrogen and oxygen atoms in total. The van der Waals surface area contributed by atoms with Crippen LogP contribution in [0.25, 0.3) is 0 Å². The third kappa shape index (κ3) is 6.45. The fraction of sp³-hybridized carbons (Fsp3) is 0.316. The van der Waals surface area contributed by atoms with E-state index in [0.717, 1.165) is 11.3 Å². The van der Waals surface area contributed by atoms with Crippen molar-refractivity contribution in [2.24, 2.45) is 5.73 Å². The largest absolute Gasteiger partial charge is 0.490 e. The van der Waals surface area contributed by atoms with Crippen LogP contribution in [0.1, 0.15) is 15.9 Å². The highest BCUT2D eigenvalue weighted by atomic mass is 16.5. The van der Waals surface area contributed by atoms with Gasteiger partial charge in [-0.25, -0.2) is 0 Å². The molecule has 0 radical (unpaired) electrons. The van der Waals surface area contributed by atoms with Crippen molar-refractivity contribution in [3.05, 3.63) is 59.7 Å². The summed E-state index contributed by atoms with van der Waals surface area (Å²) in [7, 11) is 0. The van der Waals surface area contributed by atoms with Gasteiger partial charge in [-0.15, -0.1) is 0 Å². The minimum absolute atomic E-state index is 0.261. The molecular formula is C19H25N2O4+. The van der Waals surface area contributed by atoms with Crippen LogP contribution in [-0.2, 0) is 0 Å². The molecule has 0 aliphatic carbocycles. The summed E-state index contributed by atoms with van der Waals surface area (Å²) in [5, 5.41) is 11.9. The van der Waals surface area contributed by atoms with Crippen molar-refractivity contribution in [3.63, 3.8) is 0 Å². The van der Waals surface area contributed by atoms with Gasteiger partial charge in [0.05, 0.1) is 0 Å². The number of hydrogen-bond acceptors (Lipinski definition) is 4. The number of rotatable bonds is 10. The highest BCUT2D eigenvalue weighted by Gasteiger charge is 2.08. The van der Waals surface area contributed by atoms with E-state index in [4.69, 9.17) is 15.2 Å². The molecule has 0 unspecified atom stereocenters. The van der Waals surface area contributed by atoms with Gasteiger partial charge in [0.25, 0.3) is 0 Å². The van der Waals surface area contributed by atoms with E-state index < -0.39 is 12.0 Å². The molecule has 5 N–H and O–H groups in total. The Morgan fingerprint density at radius 1 is 1.16 bits per heavy atom. The molecule has 6 heteroatoms. The first-order chi connectivity index (χ1) is 12.1. The molecule has 0 aliphatic rings. The second kappa shape index (κ2) is 9.66. The van der Waals surface area contributed by atoms with Gasteiger partial charge in [0, 0.05) is 5.56 Å². The quantitative estimate of drug-likeness (QED) is 0.545. The first kappa shape index (κ1) is 18.8. The van der Waals surface area contributed by atoms with Crippen LogP contribution in [0.4, 0.5) is 0 Å². The van der Waals surface area contributed by atoms with Crippen LogP contribution < -0.4 is 20.5 Å². The Morgan fingerprint density at radius 2 is 1.88 bits per heavy atom. The first-order valence-corrected chi connectivity index (χ1v) is 8.27. The first-order valence-electron chi connectivity index (χ1n) is 8.27. The molecule has 0 saturated heterocycles. The van der Waals surface area contributed by atoms with E-state index in [2.05, 4.69) is 0 Å². The third-order valence-corrected chi connectivity index (χ3v) is 3.69. The monoisotopic (exact) mass is 345 g/mol. The van der Waals surface area contributed by atoms with Crippen molar-refractivity contribution in [1.82, 2.24) is 0 Å². The van der Waals surface area contributed by atoms with Gasteiger partial charge in [0.15, 0.2) is 0 Å². The number of hydrogen-bond donors (Lipinski definition) is 3. The highest BCUT2D eigenvalue weighted by molar-refractivity contribution is 5.92. The predicted octanol–water partition coefficient (Wildman–Crippen LogP) is 0.476. The normalized spacial score (nSPS) is 11.8. The van der Waals surface area contributed by atoms with Crippen LogP contribution in [-0.4, -0.2) is 43.4 Å². The number of carbonyl (C=O) groups is 1. The molecular weight excluding hydrogens is 320 g/mol. The van der Waals surface area contributed by atoms with Crippen LogP contribution in [0.5, 0.6) is 11.5 Å². The fourth-order valence-corrected chi connectivity index (χ4v) is 2.26. The number of aliphatic hydroxyl groups is 1. The van der Waals surface area contributed by atoms with Gasteiger partial charge < -0.3 is 25.6 Å². The zero-order chi connectivity index (χ0) is 18.1. The maximum atomic E-state index is 11.0. The van der Waals surface area contributed by atoms with Gasteiger partial charge in [-0.2, -0.15) is 0 Å². The maximum Gasteiger partial charge on any atom is 0.248 e. The number of ether oxygens (including phenoxy) is 2. The fourth-order valence-electron chi connectivity index (χ4n) is 2.26. The lowest BCUT2D eigenvalue weighted by molar-refractivity contribution is -0.661. The number of quaternary nitrogens is 1. The van der Waals surface area contributed by atoms with Crippen molar-refractivity contribution in [3.8, 4) is 11.5 Å². The van der Waals surface area contributed by atoms with Gasteiger partial charge in [-0.1, -0.05) is 18.2 Å². The molecule has 2 rings (SSSR count). The standard InChI is InChI=1S/C19H24N2O4/c1-14-4-2-3-5-18(14)25-13-16(22)12-21-10-11-24-17-8-6-15(7-9-17)19(20)23/h2-9,16,21-22H,10-13H2,1H3,(H2,20,23)/p+1/t16-/m0/s1. The van der Waals surface area contributed by atoms with Crippen LogP contribution in [0, 0.1) is 6.92 Å². The summed E-state index contributed by atoms with van der Waals surface area (Å²) in [5.41, 5.74) is 6.69. The van der Waals surface area contributed by atoms with E-state index >= 15 is 0 Å². The molecule has 0 spiro atoms.